The molecule has 0 radical (unpaired) electrons. The maximum absolute atomic E-state index is 12.2. The van der Waals surface area contributed by atoms with Gasteiger partial charge in [-0.25, -0.2) is 4.79 Å². The molecular weight excluding hydrogens is 374 g/mol. The van der Waals surface area contributed by atoms with Crippen molar-refractivity contribution in [1.29, 1.82) is 0 Å². The molecule has 0 spiro atoms. The highest BCUT2D eigenvalue weighted by Gasteiger charge is 2.25. The topological polar surface area (TPSA) is 90.9 Å². The Kier molecular flexibility index (Phi) is 6.87. The van der Waals surface area contributed by atoms with Crippen LogP contribution in [0.5, 0.6) is 5.75 Å². The Balaban J connectivity index is 2.09. The summed E-state index contributed by atoms with van der Waals surface area (Å²) in [6, 6.07) is 1.70. The van der Waals surface area contributed by atoms with Crippen LogP contribution in [0.15, 0.2) is 12.1 Å². The number of hydrogen-bond acceptors (Lipinski definition) is 7. The number of aromatic nitrogens is 2. The number of carbonyl (C=O) groups is 2. The molecule has 1 amide bonds. The number of amides is 1. The predicted octanol–water partition coefficient (Wildman–Crippen LogP) is 3.39. The summed E-state index contributed by atoms with van der Waals surface area (Å²) in [5.74, 6) is 0.169. The van der Waals surface area contributed by atoms with Gasteiger partial charge in [-0.15, -0.1) is 5.10 Å². The fourth-order valence-electron chi connectivity index (χ4n) is 2.78. The van der Waals surface area contributed by atoms with Gasteiger partial charge < -0.3 is 19.1 Å². The first-order valence-corrected chi connectivity index (χ1v) is 9.68. The summed E-state index contributed by atoms with van der Waals surface area (Å²) in [7, 11) is 1.55. The molecule has 0 unspecified atom stereocenters. The molecule has 0 aromatic carbocycles. The quantitative estimate of drug-likeness (QED) is 0.709. The molecule has 1 aliphatic rings. The summed E-state index contributed by atoms with van der Waals surface area (Å²) in [4.78, 5) is 25.9. The van der Waals surface area contributed by atoms with E-state index in [0.717, 1.165) is 5.57 Å². The molecule has 29 heavy (non-hydrogen) atoms. The van der Waals surface area contributed by atoms with Crippen molar-refractivity contribution in [3.05, 3.63) is 23.5 Å². The van der Waals surface area contributed by atoms with Crippen LogP contribution in [-0.4, -0.2) is 58.6 Å². The second kappa shape index (κ2) is 8.80. The van der Waals surface area contributed by atoms with E-state index in [9.17, 15) is 9.59 Å². The highest BCUT2D eigenvalue weighted by atomic mass is 16.6. The van der Waals surface area contributed by atoms with Crippen molar-refractivity contribution in [3.63, 3.8) is 0 Å². The van der Waals surface area contributed by atoms with Crippen LogP contribution in [0.2, 0.25) is 0 Å². The number of ether oxygens (including phenoxy) is 3. The van der Waals surface area contributed by atoms with Gasteiger partial charge in [0, 0.05) is 19.2 Å². The zero-order valence-electron chi connectivity index (χ0n) is 18.4. The maximum atomic E-state index is 12.2. The molecule has 0 N–H and O–H groups in total. The summed E-state index contributed by atoms with van der Waals surface area (Å²) >= 11 is 0. The Hall–Kier alpha value is -2.64. The minimum atomic E-state index is -0.554. The van der Waals surface area contributed by atoms with Gasteiger partial charge in [0.1, 0.15) is 22.6 Å². The molecule has 0 atom stereocenters. The van der Waals surface area contributed by atoms with Crippen LogP contribution < -0.4 is 4.74 Å². The molecule has 0 aliphatic carbocycles. The zero-order chi connectivity index (χ0) is 21.8. The van der Waals surface area contributed by atoms with E-state index in [1.165, 1.54) is 0 Å². The Morgan fingerprint density at radius 3 is 2.24 bits per heavy atom. The van der Waals surface area contributed by atoms with Crippen LogP contribution in [0.4, 0.5) is 4.79 Å². The number of carbonyl (C=O) groups excluding carboxylic acids is 2. The van der Waals surface area contributed by atoms with Crippen LogP contribution in [-0.2, 0) is 20.7 Å². The van der Waals surface area contributed by atoms with Gasteiger partial charge in [-0.1, -0.05) is 6.08 Å². The lowest BCUT2D eigenvalue weighted by molar-refractivity contribution is -0.154. The fourth-order valence-corrected chi connectivity index (χ4v) is 2.78. The Morgan fingerprint density at radius 2 is 1.72 bits per heavy atom. The van der Waals surface area contributed by atoms with E-state index < -0.39 is 11.2 Å². The summed E-state index contributed by atoms with van der Waals surface area (Å²) in [6.45, 7) is 11.9. The number of esters is 1. The van der Waals surface area contributed by atoms with Gasteiger partial charge in [0.15, 0.2) is 0 Å². The van der Waals surface area contributed by atoms with Crippen LogP contribution >= 0.6 is 0 Å². The van der Waals surface area contributed by atoms with E-state index in [0.29, 0.717) is 36.6 Å². The molecule has 8 nitrogen and oxygen atoms in total. The van der Waals surface area contributed by atoms with Crippen molar-refractivity contribution in [2.24, 2.45) is 0 Å². The Bertz CT molecular complexity index is 790. The van der Waals surface area contributed by atoms with Crippen LogP contribution in [0.25, 0.3) is 5.57 Å². The first-order chi connectivity index (χ1) is 13.4. The van der Waals surface area contributed by atoms with Crippen LogP contribution in [0.1, 0.15) is 59.4 Å². The molecule has 160 valence electrons. The summed E-state index contributed by atoms with van der Waals surface area (Å²) in [6.07, 6.45) is 2.22. The normalized spacial score (nSPS) is 14.9. The van der Waals surface area contributed by atoms with E-state index in [-0.39, 0.29) is 18.5 Å². The third-order valence-corrected chi connectivity index (χ3v) is 3.94. The first-order valence-electron chi connectivity index (χ1n) is 9.68. The van der Waals surface area contributed by atoms with Crippen molar-refractivity contribution in [1.82, 2.24) is 15.1 Å². The lowest BCUT2D eigenvalue weighted by atomic mass is 10.0. The SMILES string of the molecule is COc1cc(CC(=O)OC(C)(C)C)nnc1C1=CCN(C(=O)OC(C)(C)C)CC1. The first kappa shape index (κ1) is 22.6. The lowest BCUT2D eigenvalue weighted by Crippen LogP contribution is -2.39. The maximum Gasteiger partial charge on any atom is 0.410 e. The fraction of sp³-hybridized carbons (Fsp3) is 0.619. The molecule has 8 heteroatoms. The van der Waals surface area contributed by atoms with Crippen molar-refractivity contribution in [2.45, 2.75) is 65.6 Å². The molecule has 0 saturated heterocycles. The Labute approximate surface area is 172 Å². The smallest absolute Gasteiger partial charge is 0.410 e. The average Bonchev–Trinajstić information content (AvgIpc) is 2.58. The van der Waals surface area contributed by atoms with Crippen LogP contribution in [0, 0.1) is 0 Å². The lowest BCUT2D eigenvalue weighted by Gasteiger charge is -2.29. The van der Waals surface area contributed by atoms with Gasteiger partial charge in [0.2, 0.25) is 0 Å². The molecule has 0 saturated carbocycles. The van der Waals surface area contributed by atoms with Crippen molar-refractivity contribution < 1.29 is 23.8 Å². The molecule has 1 aromatic heterocycles. The largest absolute Gasteiger partial charge is 0.494 e. The van der Waals surface area contributed by atoms with Crippen molar-refractivity contribution in [2.75, 3.05) is 20.2 Å². The number of rotatable bonds is 4. The minimum absolute atomic E-state index is 0.0202. The van der Waals surface area contributed by atoms with Gasteiger partial charge in [0.05, 0.1) is 19.2 Å². The van der Waals surface area contributed by atoms with E-state index in [4.69, 9.17) is 14.2 Å². The van der Waals surface area contributed by atoms with E-state index >= 15 is 0 Å². The third kappa shape index (κ3) is 7.03. The van der Waals surface area contributed by atoms with Gasteiger partial charge in [-0.2, -0.15) is 5.10 Å². The average molecular weight is 405 g/mol. The Morgan fingerprint density at radius 1 is 1.07 bits per heavy atom. The molecular formula is C21H31N3O5. The van der Waals surface area contributed by atoms with E-state index in [1.54, 1.807) is 18.1 Å². The van der Waals surface area contributed by atoms with Crippen molar-refractivity contribution >= 4 is 17.6 Å². The second-order valence-corrected chi connectivity index (χ2v) is 8.92. The van der Waals surface area contributed by atoms with Crippen LogP contribution in [0.3, 0.4) is 0 Å². The second-order valence-electron chi connectivity index (χ2n) is 8.92. The standard InChI is InChI=1S/C21H31N3O5/c1-20(2,3)28-17(25)13-15-12-16(27-7)18(23-22-15)14-8-10-24(11-9-14)19(26)29-21(4,5)6/h8,12H,9-11,13H2,1-7H3. The molecule has 2 rings (SSSR count). The summed E-state index contributed by atoms with van der Waals surface area (Å²) in [5.41, 5.74) is 0.954. The van der Waals surface area contributed by atoms with Gasteiger partial charge in [0.25, 0.3) is 0 Å². The van der Waals surface area contributed by atoms with E-state index in [1.807, 2.05) is 47.6 Å². The summed E-state index contributed by atoms with van der Waals surface area (Å²) in [5, 5.41) is 8.42. The monoisotopic (exact) mass is 405 g/mol. The highest BCUT2D eigenvalue weighted by molar-refractivity contribution is 5.74. The number of methoxy groups -OCH3 is 1. The number of hydrogen-bond donors (Lipinski definition) is 0. The zero-order valence-corrected chi connectivity index (χ0v) is 18.4. The third-order valence-electron chi connectivity index (χ3n) is 3.94. The van der Waals surface area contributed by atoms with Gasteiger partial charge in [-0.3, -0.25) is 4.79 Å². The molecule has 1 aliphatic heterocycles. The van der Waals surface area contributed by atoms with Gasteiger partial charge >= 0.3 is 12.1 Å². The van der Waals surface area contributed by atoms with Gasteiger partial charge in [-0.05, 0) is 53.5 Å². The molecule has 0 fully saturated rings. The summed E-state index contributed by atoms with van der Waals surface area (Å²) < 4.78 is 16.2. The highest BCUT2D eigenvalue weighted by Crippen LogP contribution is 2.29. The van der Waals surface area contributed by atoms with Crippen molar-refractivity contribution in [3.8, 4) is 5.75 Å². The molecule has 0 bridgehead atoms. The molecule has 2 heterocycles. The van der Waals surface area contributed by atoms with E-state index in [2.05, 4.69) is 10.2 Å². The predicted molar refractivity (Wildman–Crippen MR) is 109 cm³/mol. The molecule has 1 aromatic rings. The minimum Gasteiger partial charge on any atom is -0.494 e. The number of nitrogens with zero attached hydrogens (tertiary/aromatic N) is 3.